The molecule has 12 heavy (non-hydrogen) atoms. The second kappa shape index (κ2) is 2.82. The summed E-state index contributed by atoms with van der Waals surface area (Å²) in [6.45, 7) is 9.68. The summed E-state index contributed by atoms with van der Waals surface area (Å²) in [6, 6.07) is 0. The number of piperazine rings is 3. The Morgan fingerprint density at radius 3 is 2.17 bits per heavy atom. The molecule has 3 aliphatic heterocycles. The summed E-state index contributed by atoms with van der Waals surface area (Å²) in [7, 11) is 0. The van der Waals surface area contributed by atoms with Gasteiger partial charge in [0.05, 0.1) is 19.6 Å². The van der Waals surface area contributed by atoms with Crippen molar-refractivity contribution in [2.24, 2.45) is 0 Å². The van der Waals surface area contributed by atoms with Crippen LogP contribution in [0.2, 0.25) is 0 Å². The average Bonchev–Trinajstić information content (AvgIpc) is 2.05. The van der Waals surface area contributed by atoms with E-state index in [1.807, 2.05) is 0 Å². The van der Waals surface area contributed by atoms with Crippen molar-refractivity contribution in [1.29, 1.82) is 0 Å². The van der Waals surface area contributed by atoms with Crippen molar-refractivity contribution >= 4 is 5.78 Å². The van der Waals surface area contributed by atoms with E-state index in [0.717, 1.165) is 11.0 Å². The number of Topliss-reactive ketones (excluding diaryl/α,β-unsaturated/α-hetero) is 1. The molecule has 3 nitrogen and oxygen atoms in total. The van der Waals surface area contributed by atoms with Gasteiger partial charge >= 0.3 is 0 Å². The standard InChI is InChI=1S/C9H17N2O/c1-9(12)8-11-5-2-10(3-6-11)4-7-11/h2-8H2,1H3/q+1. The maximum atomic E-state index is 11.1. The Kier molecular flexibility index (Phi) is 1.93. The van der Waals surface area contributed by atoms with Crippen LogP contribution in [0.1, 0.15) is 6.92 Å². The van der Waals surface area contributed by atoms with Gasteiger partial charge in [0.25, 0.3) is 0 Å². The molecule has 0 spiro atoms. The van der Waals surface area contributed by atoms with Gasteiger partial charge in [-0.05, 0) is 0 Å². The average molecular weight is 169 g/mol. The van der Waals surface area contributed by atoms with Gasteiger partial charge < -0.3 is 4.48 Å². The molecule has 3 aliphatic rings. The van der Waals surface area contributed by atoms with Crippen LogP contribution in [0.5, 0.6) is 0 Å². The third-order valence-corrected chi connectivity index (χ3v) is 3.23. The molecule has 3 fully saturated rings. The monoisotopic (exact) mass is 169 g/mol. The fourth-order valence-corrected chi connectivity index (χ4v) is 2.44. The van der Waals surface area contributed by atoms with Gasteiger partial charge in [-0.15, -0.1) is 0 Å². The lowest BCUT2D eigenvalue weighted by atomic mass is 10.1. The number of hydrogen-bond donors (Lipinski definition) is 0. The largest absolute Gasteiger partial charge is 0.314 e. The summed E-state index contributed by atoms with van der Waals surface area (Å²) < 4.78 is 1.08. The van der Waals surface area contributed by atoms with Gasteiger partial charge in [-0.25, -0.2) is 0 Å². The zero-order valence-corrected chi connectivity index (χ0v) is 7.75. The maximum absolute atomic E-state index is 11.1. The predicted octanol–water partition coefficient (Wildman–Crippen LogP) is -0.279. The van der Waals surface area contributed by atoms with Gasteiger partial charge in [-0.1, -0.05) is 0 Å². The second-order valence-corrected chi connectivity index (χ2v) is 4.21. The first-order chi connectivity index (χ1) is 5.70. The maximum Gasteiger partial charge on any atom is 0.183 e. The highest BCUT2D eigenvalue weighted by molar-refractivity contribution is 5.76. The van der Waals surface area contributed by atoms with E-state index >= 15 is 0 Å². The number of carbonyl (C=O) groups excluding carboxylic acids is 1. The first-order valence-electron chi connectivity index (χ1n) is 4.77. The van der Waals surface area contributed by atoms with Crippen LogP contribution in [-0.2, 0) is 4.79 Å². The van der Waals surface area contributed by atoms with E-state index in [2.05, 4.69) is 4.90 Å². The summed E-state index contributed by atoms with van der Waals surface area (Å²) in [5, 5.41) is 0. The highest BCUT2D eigenvalue weighted by Crippen LogP contribution is 2.18. The minimum absolute atomic E-state index is 0.352. The number of carbonyl (C=O) groups is 1. The lowest BCUT2D eigenvalue weighted by Gasteiger charge is -2.50. The quantitative estimate of drug-likeness (QED) is 0.530. The van der Waals surface area contributed by atoms with Crippen LogP contribution in [0.3, 0.4) is 0 Å². The molecule has 0 amide bonds. The molecule has 3 heterocycles. The molecule has 0 unspecified atom stereocenters. The van der Waals surface area contributed by atoms with Gasteiger partial charge in [0.2, 0.25) is 0 Å². The van der Waals surface area contributed by atoms with E-state index in [-0.39, 0.29) is 0 Å². The third kappa shape index (κ3) is 1.39. The molecule has 68 valence electrons. The van der Waals surface area contributed by atoms with Crippen LogP contribution in [0.4, 0.5) is 0 Å². The molecule has 0 atom stereocenters. The highest BCUT2D eigenvalue weighted by Gasteiger charge is 2.38. The van der Waals surface area contributed by atoms with E-state index in [0.29, 0.717) is 5.78 Å². The molecule has 3 heteroatoms. The normalized spacial score (nSPS) is 39.9. The molecule has 0 aromatic rings. The van der Waals surface area contributed by atoms with Crippen LogP contribution < -0.4 is 0 Å². The van der Waals surface area contributed by atoms with E-state index in [1.54, 1.807) is 6.92 Å². The molecule has 2 bridgehead atoms. The Morgan fingerprint density at radius 1 is 1.25 bits per heavy atom. The number of hydrogen-bond acceptors (Lipinski definition) is 2. The zero-order valence-electron chi connectivity index (χ0n) is 7.75. The number of quaternary nitrogens is 1. The fourth-order valence-electron chi connectivity index (χ4n) is 2.44. The minimum atomic E-state index is 0.352. The van der Waals surface area contributed by atoms with Crippen molar-refractivity contribution in [3.63, 3.8) is 0 Å². The Hall–Kier alpha value is -0.410. The van der Waals surface area contributed by atoms with Gasteiger partial charge in [0, 0.05) is 26.6 Å². The number of nitrogens with zero attached hydrogens (tertiary/aromatic N) is 2. The lowest BCUT2D eigenvalue weighted by molar-refractivity contribution is -0.933. The summed E-state index contributed by atoms with van der Waals surface area (Å²) in [6.07, 6.45) is 0. The number of fused-ring (bicyclic) bond motifs is 3. The Balaban J connectivity index is 2.03. The van der Waals surface area contributed by atoms with Crippen LogP contribution in [0.15, 0.2) is 0 Å². The van der Waals surface area contributed by atoms with Crippen LogP contribution in [0.25, 0.3) is 0 Å². The van der Waals surface area contributed by atoms with E-state index in [4.69, 9.17) is 0 Å². The fraction of sp³-hybridized carbons (Fsp3) is 0.889. The van der Waals surface area contributed by atoms with Crippen LogP contribution >= 0.6 is 0 Å². The molecule has 0 aromatic carbocycles. The molecule has 0 N–H and O–H groups in total. The smallest absolute Gasteiger partial charge is 0.183 e. The minimum Gasteiger partial charge on any atom is -0.314 e. The van der Waals surface area contributed by atoms with Crippen molar-refractivity contribution in [2.45, 2.75) is 6.92 Å². The SMILES string of the molecule is CC(=O)C[N+]12CCN(CC1)CC2. The molecule has 0 saturated carbocycles. The van der Waals surface area contributed by atoms with Crippen LogP contribution in [0, 0.1) is 0 Å². The van der Waals surface area contributed by atoms with Crippen molar-refractivity contribution in [2.75, 3.05) is 45.8 Å². The first-order valence-corrected chi connectivity index (χ1v) is 4.77. The zero-order chi connectivity index (χ0) is 8.60. The van der Waals surface area contributed by atoms with Gasteiger partial charge in [-0.2, -0.15) is 0 Å². The Bertz CT molecular complexity index is 181. The van der Waals surface area contributed by atoms with E-state index in [9.17, 15) is 4.79 Å². The van der Waals surface area contributed by atoms with Crippen LogP contribution in [-0.4, -0.2) is 61.0 Å². The summed E-state index contributed by atoms with van der Waals surface area (Å²) in [5.74, 6) is 0.352. The first kappa shape index (κ1) is 8.20. The molecule has 0 aliphatic carbocycles. The van der Waals surface area contributed by atoms with Crippen molar-refractivity contribution in [1.82, 2.24) is 4.90 Å². The number of rotatable bonds is 2. The topological polar surface area (TPSA) is 20.3 Å². The molecular formula is C9H17N2O+. The highest BCUT2D eigenvalue weighted by atomic mass is 16.1. The van der Waals surface area contributed by atoms with Crippen molar-refractivity contribution in [3.8, 4) is 0 Å². The molecule has 0 aromatic heterocycles. The van der Waals surface area contributed by atoms with E-state index in [1.165, 1.54) is 39.3 Å². The van der Waals surface area contributed by atoms with Gasteiger partial charge in [0.1, 0.15) is 6.54 Å². The molecule has 0 radical (unpaired) electrons. The summed E-state index contributed by atoms with van der Waals surface area (Å²) in [4.78, 5) is 13.6. The molecular weight excluding hydrogens is 152 g/mol. The number of ketones is 1. The van der Waals surface area contributed by atoms with Gasteiger partial charge in [0.15, 0.2) is 5.78 Å². The van der Waals surface area contributed by atoms with Gasteiger partial charge in [-0.3, -0.25) is 9.69 Å². The second-order valence-electron chi connectivity index (χ2n) is 4.21. The Labute approximate surface area is 73.5 Å². The Morgan fingerprint density at radius 2 is 1.75 bits per heavy atom. The molecule has 3 rings (SSSR count). The lowest BCUT2D eigenvalue weighted by Crippen LogP contribution is -2.68. The summed E-state index contributed by atoms with van der Waals surface area (Å²) in [5.41, 5.74) is 0. The van der Waals surface area contributed by atoms with Crippen molar-refractivity contribution < 1.29 is 9.28 Å². The third-order valence-electron chi connectivity index (χ3n) is 3.23. The van der Waals surface area contributed by atoms with E-state index < -0.39 is 0 Å². The predicted molar refractivity (Wildman–Crippen MR) is 46.8 cm³/mol. The molecule has 3 saturated heterocycles. The summed E-state index contributed by atoms with van der Waals surface area (Å²) >= 11 is 0. The van der Waals surface area contributed by atoms with Crippen molar-refractivity contribution in [3.05, 3.63) is 0 Å².